The van der Waals surface area contributed by atoms with E-state index >= 15 is 0 Å². The van der Waals surface area contributed by atoms with Gasteiger partial charge in [-0.15, -0.1) is 10.2 Å². The van der Waals surface area contributed by atoms with Gasteiger partial charge in [0, 0.05) is 12.6 Å². The third-order valence-corrected chi connectivity index (χ3v) is 3.37. The molecule has 0 atom stereocenters. The van der Waals surface area contributed by atoms with Gasteiger partial charge in [0.25, 0.3) is 0 Å². The van der Waals surface area contributed by atoms with Crippen LogP contribution in [0.2, 0.25) is 0 Å². The molecule has 1 heterocycles. The Morgan fingerprint density at radius 3 is 2.74 bits per heavy atom. The second-order valence-electron chi connectivity index (χ2n) is 3.81. The monoisotopic (exact) mass is 279 g/mol. The van der Waals surface area contributed by atoms with Gasteiger partial charge in [0.05, 0.1) is 7.11 Å². The van der Waals surface area contributed by atoms with E-state index in [9.17, 15) is 0 Å². The number of ether oxygens (including phenoxy) is 2. The van der Waals surface area contributed by atoms with E-state index in [1.54, 1.807) is 18.9 Å². The lowest BCUT2D eigenvalue weighted by Crippen LogP contribution is -2.06. The number of aromatic nitrogens is 3. The summed E-state index contributed by atoms with van der Waals surface area (Å²) in [5.74, 6) is 2.37. The number of nitrogens with zero attached hydrogens (tertiary/aromatic N) is 3. The Kier molecular flexibility index (Phi) is 4.68. The quantitative estimate of drug-likeness (QED) is 0.761. The Morgan fingerprint density at radius 1 is 1.26 bits per heavy atom. The van der Waals surface area contributed by atoms with E-state index in [1.807, 2.05) is 35.1 Å². The van der Waals surface area contributed by atoms with E-state index in [-0.39, 0.29) is 0 Å². The van der Waals surface area contributed by atoms with E-state index in [0.29, 0.717) is 6.61 Å². The number of hydrogen-bond donors (Lipinski definition) is 0. The Bertz CT molecular complexity index is 542. The zero-order valence-electron chi connectivity index (χ0n) is 11.3. The van der Waals surface area contributed by atoms with Gasteiger partial charge in [-0.05, 0) is 25.3 Å². The van der Waals surface area contributed by atoms with Crippen LogP contribution in [-0.2, 0) is 13.2 Å². The van der Waals surface area contributed by atoms with Crippen LogP contribution in [-0.4, -0.2) is 28.1 Å². The van der Waals surface area contributed by atoms with Crippen molar-refractivity contribution < 1.29 is 9.47 Å². The van der Waals surface area contributed by atoms with Gasteiger partial charge in [0.1, 0.15) is 18.1 Å². The maximum atomic E-state index is 5.72. The highest BCUT2D eigenvalue weighted by molar-refractivity contribution is 7.98. The Hall–Kier alpha value is -1.69. The average molecular weight is 279 g/mol. The van der Waals surface area contributed by atoms with Crippen LogP contribution < -0.4 is 9.47 Å². The van der Waals surface area contributed by atoms with Gasteiger partial charge < -0.3 is 14.0 Å². The zero-order chi connectivity index (χ0) is 13.7. The summed E-state index contributed by atoms with van der Waals surface area (Å²) in [4.78, 5) is 0. The van der Waals surface area contributed by atoms with Gasteiger partial charge in [-0.25, -0.2) is 0 Å². The van der Waals surface area contributed by atoms with Crippen LogP contribution in [0.15, 0.2) is 29.4 Å². The van der Waals surface area contributed by atoms with Crippen molar-refractivity contribution in [2.24, 2.45) is 0 Å². The lowest BCUT2D eigenvalue weighted by Gasteiger charge is -2.09. The third-order valence-electron chi connectivity index (χ3n) is 2.70. The van der Waals surface area contributed by atoms with Crippen LogP contribution in [0, 0.1) is 0 Å². The first-order chi connectivity index (χ1) is 9.28. The first-order valence-corrected chi connectivity index (χ1v) is 7.23. The fraction of sp³-hybridized carbons (Fsp3) is 0.385. The molecule has 0 aliphatic carbocycles. The largest absolute Gasteiger partial charge is 0.497 e. The molecular weight excluding hydrogens is 262 g/mol. The molecule has 0 fully saturated rings. The minimum atomic E-state index is 0.397. The molecule has 0 N–H and O–H groups in total. The number of thioether (sulfide) groups is 1. The SMILES string of the molecule is CCn1c(COc2cccc(OC)c2)nnc1SC. The molecule has 0 unspecified atom stereocenters. The molecule has 0 aliphatic rings. The first-order valence-electron chi connectivity index (χ1n) is 6.01. The van der Waals surface area contributed by atoms with E-state index in [4.69, 9.17) is 9.47 Å². The summed E-state index contributed by atoms with van der Waals surface area (Å²) >= 11 is 1.58. The summed E-state index contributed by atoms with van der Waals surface area (Å²) < 4.78 is 12.9. The molecule has 1 aromatic carbocycles. The van der Waals surface area contributed by atoms with Gasteiger partial charge >= 0.3 is 0 Å². The maximum absolute atomic E-state index is 5.72. The highest BCUT2D eigenvalue weighted by Gasteiger charge is 2.10. The molecule has 0 saturated heterocycles. The predicted molar refractivity (Wildman–Crippen MR) is 74.8 cm³/mol. The smallest absolute Gasteiger partial charge is 0.191 e. The lowest BCUT2D eigenvalue weighted by molar-refractivity contribution is 0.286. The fourth-order valence-electron chi connectivity index (χ4n) is 1.73. The molecule has 19 heavy (non-hydrogen) atoms. The van der Waals surface area contributed by atoms with Crippen molar-refractivity contribution in [2.45, 2.75) is 25.2 Å². The molecule has 102 valence electrons. The summed E-state index contributed by atoms with van der Waals surface area (Å²) in [7, 11) is 1.64. The maximum Gasteiger partial charge on any atom is 0.191 e. The van der Waals surface area contributed by atoms with Crippen molar-refractivity contribution in [3.05, 3.63) is 30.1 Å². The highest BCUT2D eigenvalue weighted by Crippen LogP contribution is 2.20. The highest BCUT2D eigenvalue weighted by atomic mass is 32.2. The molecule has 0 spiro atoms. The van der Waals surface area contributed by atoms with Crippen molar-refractivity contribution >= 4 is 11.8 Å². The van der Waals surface area contributed by atoms with Crippen molar-refractivity contribution in [1.29, 1.82) is 0 Å². The fourth-order valence-corrected chi connectivity index (χ4v) is 2.31. The van der Waals surface area contributed by atoms with Crippen molar-refractivity contribution in [2.75, 3.05) is 13.4 Å². The number of methoxy groups -OCH3 is 1. The predicted octanol–water partition coefficient (Wildman–Crippen LogP) is 2.61. The summed E-state index contributed by atoms with van der Waals surface area (Å²) in [5, 5.41) is 9.18. The van der Waals surface area contributed by atoms with Gasteiger partial charge in [-0.1, -0.05) is 17.8 Å². The molecule has 0 bridgehead atoms. The van der Waals surface area contributed by atoms with Crippen LogP contribution in [0.3, 0.4) is 0 Å². The van der Waals surface area contributed by atoms with E-state index in [0.717, 1.165) is 29.0 Å². The minimum Gasteiger partial charge on any atom is -0.497 e. The van der Waals surface area contributed by atoms with Crippen LogP contribution in [0.4, 0.5) is 0 Å². The second kappa shape index (κ2) is 6.47. The van der Waals surface area contributed by atoms with Gasteiger partial charge in [0.2, 0.25) is 0 Å². The standard InChI is InChI=1S/C13H17N3O2S/c1-4-16-12(14-15-13(16)19-3)9-18-11-7-5-6-10(8-11)17-2/h5-8H,4,9H2,1-3H3. The van der Waals surface area contributed by atoms with Crippen LogP contribution >= 0.6 is 11.8 Å². The molecule has 2 rings (SSSR count). The van der Waals surface area contributed by atoms with Crippen molar-refractivity contribution in [3.63, 3.8) is 0 Å². The minimum absolute atomic E-state index is 0.397. The molecule has 1 aromatic heterocycles. The van der Waals surface area contributed by atoms with E-state index < -0.39 is 0 Å². The van der Waals surface area contributed by atoms with Crippen LogP contribution in [0.25, 0.3) is 0 Å². The number of hydrogen-bond acceptors (Lipinski definition) is 5. The van der Waals surface area contributed by atoms with Crippen molar-refractivity contribution in [3.8, 4) is 11.5 Å². The third kappa shape index (κ3) is 3.20. The van der Waals surface area contributed by atoms with Gasteiger partial charge in [0.15, 0.2) is 11.0 Å². The second-order valence-corrected chi connectivity index (χ2v) is 4.59. The summed E-state index contributed by atoms with van der Waals surface area (Å²) in [6.07, 6.45) is 1.99. The Morgan fingerprint density at radius 2 is 2.05 bits per heavy atom. The Balaban J connectivity index is 2.07. The Labute approximate surface area is 116 Å². The average Bonchev–Trinajstić information content (AvgIpc) is 2.87. The molecule has 2 aromatic rings. The molecule has 0 aliphatic heterocycles. The first kappa shape index (κ1) is 13.7. The van der Waals surface area contributed by atoms with Crippen LogP contribution in [0.5, 0.6) is 11.5 Å². The van der Waals surface area contributed by atoms with Crippen LogP contribution in [0.1, 0.15) is 12.7 Å². The topological polar surface area (TPSA) is 49.2 Å². The summed E-state index contributed by atoms with van der Waals surface area (Å²) in [5.41, 5.74) is 0. The molecule has 5 nitrogen and oxygen atoms in total. The molecule has 0 radical (unpaired) electrons. The summed E-state index contributed by atoms with van der Waals surface area (Å²) in [6, 6.07) is 7.52. The van der Waals surface area contributed by atoms with Crippen molar-refractivity contribution in [1.82, 2.24) is 14.8 Å². The van der Waals surface area contributed by atoms with E-state index in [1.165, 1.54) is 0 Å². The molecule has 0 saturated carbocycles. The van der Waals surface area contributed by atoms with Gasteiger partial charge in [-0.3, -0.25) is 0 Å². The summed E-state index contributed by atoms with van der Waals surface area (Å²) in [6.45, 7) is 3.30. The lowest BCUT2D eigenvalue weighted by atomic mass is 10.3. The van der Waals surface area contributed by atoms with Gasteiger partial charge in [-0.2, -0.15) is 0 Å². The number of benzene rings is 1. The zero-order valence-corrected chi connectivity index (χ0v) is 12.1. The molecule has 6 heteroatoms. The molecule has 0 amide bonds. The van der Waals surface area contributed by atoms with E-state index in [2.05, 4.69) is 17.1 Å². The molecular formula is C13H17N3O2S. The number of rotatable bonds is 6. The normalized spacial score (nSPS) is 10.5.